The lowest BCUT2D eigenvalue weighted by Crippen LogP contribution is -2.27. The number of likely N-dealkylation sites (tertiary alicyclic amines) is 1. The Morgan fingerprint density at radius 2 is 2.14 bits per heavy atom. The Morgan fingerprint density at radius 3 is 2.57 bits per heavy atom. The fraction of sp³-hybridized carbons (Fsp3) is 0.889. The first-order valence-corrected chi connectivity index (χ1v) is 4.67. The Kier molecular flexibility index (Phi) is 5.41. The van der Waals surface area contributed by atoms with E-state index in [4.69, 9.17) is 10.6 Å². The third-order valence-corrected chi connectivity index (χ3v) is 1.83. The maximum atomic E-state index is 5.51. The van der Waals surface area contributed by atoms with Crippen LogP contribution in [0.25, 0.3) is 0 Å². The van der Waals surface area contributed by atoms with Crippen LogP contribution in [0.1, 0.15) is 27.2 Å². The number of hydrogen-bond acceptors (Lipinski definition) is 4. The van der Waals surface area contributed by atoms with E-state index in [-0.39, 0.29) is 18.0 Å². The van der Waals surface area contributed by atoms with Crippen LogP contribution in [0.15, 0.2) is 5.16 Å². The van der Waals surface area contributed by atoms with E-state index in [1.165, 1.54) is 0 Å². The molecule has 84 valence electrons. The molecule has 1 rings (SSSR count). The van der Waals surface area contributed by atoms with Gasteiger partial charge in [0.25, 0.3) is 0 Å². The van der Waals surface area contributed by atoms with Crippen molar-refractivity contribution in [2.24, 2.45) is 10.9 Å². The summed E-state index contributed by atoms with van der Waals surface area (Å²) in [6, 6.07) is 0. The van der Waals surface area contributed by atoms with Gasteiger partial charge in [0.1, 0.15) is 5.60 Å². The topological polar surface area (TPSA) is 50.8 Å². The average molecular weight is 222 g/mol. The number of oxime groups is 1. The van der Waals surface area contributed by atoms with E-state index in [1.807, 2.05) is 20.8 Å². The minimum absolute atomic E-state index is 0. The van der Waals surface area contributed by atoms with Gasteiger partial charge in [0.15, 0.2) is 0 Å². The first-order chi connectivity index (χ1) is 6.01. The van der Waals surface area contributed by atoms with Crippen LogP contribution in [0.2, 0.25) is 0 Å². The standard InChI is InChI=1S/C9H19N3O.ClH/c1-9(2,3)13-11-8-4-5-12(6-8)7-10;/h4-7,10H2,1-3H3;1H. The molecule has 5 heteroatoms. The molecule has 4 nitrogen and oxygen atoms in total. The van der Waals surface area contributed by atoms with Gasteiger partial charge in [0.2, 0.25) is 0 Å². The fourth-order valence-corrected chi connectivity index (χ4v) is 1.14. The van der Waals surface area contributed by atoms with Gasteiger partial charge in [-0.05, 0) is 20.8 Å². The van der Waals surface area contributed by atoms with Crippen molar-refractivity contribution in [2.45, 2.75) is 32.8 Å². The summed E-state index contributed by atoms with van der Waals surface area (Å²) in [5.74, 6) is 0. The Balaban J connectivity index is 0.00000169. The SMILES string of the molecule is CC(C)(C)ON=C1CCN(CN)C1.Cl. The molecule has 1 heterocycles. The van der Waals surface area contributed by atoms with Gasteiger partial charge in [-0.2, -0.15) is 0 Å². The highest BCUT2D eigenvalue weighted by Crippen LogP contribution is 2.10. The third-order valence-electron chi connectivity index (χ3n) is 1.83. The molecule has 0 radical (unpaired) electrons. The lowest BCUT2D eigenvalue weighted by Gasteiger charge is -2.16. The molecule has 1 aliphatic rings. The molecule has 1 saturated heterocycles. The van der Waals surface area contributed by atoms with Gasteiger partial charge in [-0.3, -0.25) is 4.90 Å². The zero-order valence-electron chi connectivity index (χ0n) is 9.12. The summed E-state index contributed by atoms with van der Waals surface area (Å²) in [5.41, 5.74) is 6.41. The molecule has 0 aliphatic carbocycles. The molecule has 0 saturated carbocycles. The first kappa shape index (κ1) is 13.7. The highest BCUT2D eigenvalue weighted by molar-refractivity contribution is 5.87. The second-order valence-electron chi connectivity index (χ2n) is 4.35. The number of rotatable bonds is 2. The smallest absolute Gasteiger partial charge is 0.129 e. The van der Waals surface area contributed by atoms with E-state index in [9.17, 15) is 0 Å². The van der Waals surface area contributed by atoms with Gasteiger partial charge >= 0.3 is 0 Å². The van der Waals surface area contributed by atoms with Crippen molar-refractivity contribution < 1.29 is 4.84 Å². The molecule has 0 aromatic heterocycles. The molecule has 0 aromatic carbocycles. The van der Waals surface area contributed by atoms with Crippen LogP contribution in [0.3, 0.4) is 0 Å². The summed E-state index contributed by atoms with van der Waals surface area (Å²) >= 11 is 0. The molecule has 0 atom stereocenters. The molecular weight excluding hydrogens is 202 g/mol. The van der Waals surface area contributed by atoms with Crippen molar-refractivity contribution in [3.8, 4) is 0 Å². The first-order valence-electron chi connectivity index (χ1n) is 4.67. The monoisotopic (exact) mass is 221 g/mol. The van der Waals surface area contributed by atoms with Crippen LogP contribution < -0.4 is 5.73 Å². The Morgan fingerprint density at radius 1 is 1.50 bits per heavy atom. The molecule has 0 unspecified atom stereocenters. The molecule has 0 bridgehead atoms. The maximum absolute atomic E-state index is 5.51. The van der Waals surface area contributed by atoms with Crippen molar-refractivity contribution >= 4 is 18.1 Å². The van der Waals surface area contributed by atoms with Crippen LogP contribution in [-0.4, -0.2) is 36.0 Å². The summed E-state index contributed by atoms with van der Waals surface area (Å²) < 4.78 is 0. The van der Waals surface area contributed by atoms with E-state index >= 15 is 0 Å². The molecule has 0 aromatic rings. The van der Waals surface area contributed by atoms with E-state index < -0.39 is 0 Å². The van der Waals surface area contributed by atoms with Crippen molar-refractivity contribution in [1.29, 1.82) is 0 Å². The highest BCUT2D eigenvalue weighted by atomic mass is 35.5. The quantitative estimate of drug-likeness (QED) is 0.713. The van der Waals surface area contributed by atoms with Gasteiger partial charge < -0.3 is 10.6 Å². The maximum Gasteiger partial charge on any atom is 0.129 e. The van der Waals surface area contributed by atoms with E-state index in [2.05, 4.69) is 10.1 Å². The number of halogens is 1. The van der Waals surface area contributed by atoms with Gasteiger partial charge in [0, 0.05) is 26.2 Å². The third kappa shape index (κ3) is 4.79. The van der Waals surface area contributed by atoms with E-state index in [1.54, 1.807) is 0 Å². The van der Waals surface area contributed by atoms with Crippen molar-refractivity contribution in [3.63, 3.8) is 0 Å². The summed E-state index contributed by atoms with van der Waals surface area (Å²) in [4.78, 5) is 7.47. The van der Waals surface area contributed by atoms with E-state index in [0.717, 1.165) is 25.2 Å². The normalized spacial score (nSPS) is 21.0. The van der Waals surface area contributed by atoms with Crippen LogP contribution >= 0.6 is 12.4 Å². The molecule has 1 fully saturated rings. The second-order valence-corrected chi connectivity index (χ2v) is 4.35. The number of nitrogens with two attached hydrogens (primary N) is 1. The molecule has 2 N–H and O–H groups in total. The van der Waals surface area contributed by atoms with Gasteiger partial charge in [-0.15, -0.1) is 12.4 Å². The minimum Gasteiger partial charge on any atom is -0.390 e. The Labute approximate surface area is 91.9 Å². The molecule has 0 spiro atoms. The van der Waals surface area contributed by atoms with Crippen LogP contribution in [0, 0.1) is 0 Å². The Bertz CT molecular complexity index is 201. The summed E-state index contributed by atoms with van der Waals surface area (Å²) in [6.45, 7) is 8.44. The van der Waals surface area contributed by atoms with Gasteiger partial charge in [0.05, 0.1) is 5.71 Å². The lowest BCUT2D eigenvalue weighted by molar-refractivity contribution is 0.000469. The van der Waals surface area contributed by atoms with Crippen molar-refractivity contribution in [3.05, 3.63) is 0 Å². The summed E-state index contributed by atoms with van der Waals surface area (Å²) in [5, 5.41) is 4.11. The predicted molar refractivity (Wildman–Crippen MR) is 60.8 cm³/mol. The zero-order chi connectivity index (χ0) is 9.90. The highest BCUT2D eigenvalue weighted by Gasteiger charge is 2.18. The molecular formula is C9H20ClN3O. The van der Waals surface area contributed by atoms with Crippen molar-refractivity contribution in [2.75, 3.05) is 19.8 Å². The molecule has 1 aliphatic heterocycles. The lowest BCUT2D eigenvalue weighted by atomic mass is 10.2. The molecule has 14 heavy (non-hydrogen) atoms. The second kappa shape index (κ2) is 5.53. The fourth-order valence-electron chi connectivity index (χ4n) is 1.14. The Hall–Kier alpha value is -0.320. The van der Waals surface area contributed by atoms with Crippen LogP contribution in [0.5, 0.6) is 0 Å². The zero-order valence-corrected chi connectivity index (χ0v) is 9.93. The average Bonchev–Trinajstić information content (AvgIpc) is 2.47. The van der Waals surface area contributed by atoms with Gasteiger partial charge in [-0.1, -0.05) is 5.16 Å². The minimum atomic E-state index is -0.191. The van der Waals surface area contributed by atoms with E-state index in [0.29, 0.717) is 6.67 Å². The molecule has 0 amide bonds. The largest absolute Gasteiger partial charge is 0.390 e. The van der Waals surface area contributed by atoms with Gasteiger partial charge in [-0.25, -0.2) is 0 Å². The van der Waals surface area contributed by atoms with Crippen LogP contribution in [-0.2, 0) is 4.84 Å². The number of hydrogen-bond donors (Lipinski definition) is 1. The summed E-state index contributed by atoms with van der Waals surface area (Å²) in [6.07, 6.45) is 0.979. The van der Waals surface area contributed by atoms with Crippen LogP contribution in [0.4, 0.5) is 0 Å². The van der Waals surface area contributed by atoms with Crippen molar-refractivity contribution in [1.82, 2.24) is 4.90 Å². The predicted octanol–water partition coefficient (Wildman–Crippen LogP) is 1.20. The number of nitrogens with zero attached hydrogens (tertiary/aromatic N) is 2. The summed E-state index contributed by atoms with van der Waals surface area (Å²) in [7, 11) is 0.